The van der Waals surface area contributed by atoms with Gasteiger partial charge in [-0.3, -0.25) is 0 Å². The van der Waals surface area contributed by atoms with Crippen LogP contribution in [0, 0.1) is 0 Å². The first-order valence-corrected chi connectivity index (χ1v) is 16.0. The summed E-state index contributed by atoms with van der Waals surface area (Å²) in [6.45, 7) is 11.1. The molecule has 0 N–H and O–H groups in total. The Labute approximate surface area is 221 Å². The molecule has 1 aromatic rings. The molecule has 1 aromatic carbocycles. The number of ether oxygens (including phenoxy) is 2. The number of esters is 1. The Hall–Kier alpha value is -1.67. The first kappa shape index (κ1) is 32.4. The molecule has 0 atom stereocenters. The van der Waals surface area contributed by atoms with E-state index in [0.29, 0.717) is 26.4 Å². The van der Waals surface area contributed by atoms with Crippen molar-refractivity contribution in [1.29, 1.82) is 0 Å². The summed E-state index contributed by atoms with van der Waals surface area (Å²) < 4.78 is 28.9. The van der Waals surface area contributed by atoms with Gasteiger partial charge in [0.1, 0.15) is 5.75 Å². The highest BCUT2D eigenvalue weighted by Gasteiger charge is 2.39. The van der Waals surface area contributed by atoms with Crippen molar-refractivity contribution in [2.45, 2.75) is 97.9 Å². The zero-order chi connectivity index (χ0) is 26.3. The van der Waals surface area contributed by atoms with Gasteiger partial charge < -0.3 is 22.8 Å². The van der Waals surface area contributed by atoms with Crippen molar-refractivity contribution in [3.05, 3.63) is 35.9 Å². The van der Waals surface area contributed by atoms with Crippen LogP contribution in [0.25, 0.3) is 6.08 Å². The minimum Gasteiger partial charge on any atom is -0.494 e. The molecule has 0 unspecified atom stereocenters. The second-order valence-electron chi connectivity index (χ2n) is 8.84. The lowest BCUT2D eigenvalue weighted by atomic mass is 10.1. The fourth-order valence-corrected chi connectivity index (χ4v) is 6.65. The van der Waals surface area contributed by atoms with E-state index in [4.69, 9.17) is 22.8 Å². The van der Waals surface area contributed by atoms with Crippen LogP contribution in [0.1, 0.15) is 97.5 Å². The van der Waals surface area contributed by atoms with Gasteiger partial charge in [0.15, 0.2) is 0 Å². The second-order valence-corrected chi connectivity index (χ2v) is 11.6. The fourth-order valence-electron chi connectivity index (χ4n) is 3.96. The number of carbonyl (C=O) groups is 1. The minimum absolute atomic E-state index is 0.316. The van der Waals surface area contributed by atoms with Crippen molar-refractivity contribution in [1.82, 2.24) is 0 Å². The molecular weight excluding hydrogens is 472 g/mol. The van der Waals surface area contributed by atoms with Crippen LogP contribution < -0.4 is 4.74 Å². The summed E-state index contributed by atoms with van der Waals surface area (Å²) in [4.78, 5) is 12.1. The van der Waals surface area contributed by atoms with Crippen LogP contribution >= 0.6 is 0 Å². The summed E-state index contributed by atoms with van der Waals surface area (Å²) in [6, 6.07) is 8.64. The van der Waals surface area contributed by atoms with Crippen LogP contribution in [0.3, 0.4) is 0 Å². The van der Waals surface area contributed by atoms with Gasteiger partial charge in [0.05, 0.1) is 13.2 Å². The van der Waals surface area contributed by atoms with E-state index in [1.807, 2.05) is 45.0 Å². The summed E-state index contributed by atoms with van der Waals surface area (Å²) in [5.41, 5.74) is 0.929. The number of hydrogen-bond donors (Lipinski definition) is 0. The number of carbonyl (C=O) groups excluding carboxylic acids is 1. The van der Waals surface area contributed by atoms with Gasteiger partial charge in [-0.05, 0) is 63.8 Å². The predicted octanol–water partition coefficient (Wildman–Crippen LogP) is 7.59. The number of rotatable bonds is 23. The Kier molecular flexibility index (Phi) is 19.2. The summed E-state index contributed by atoms with van der Waals surface area (Å²) in [5.74, 6) is 0.521. The lowest BCUT2D eigenvalue weighted by molar-refractivity contribution is -0.137. The van der Waals surface area contributed by atoms with Crippen LogP contribution in [0.2, 0.25) is 6.04 Å². The Bertz CT molecular complexity index is 692. The number of benzene rings is 1. The van der Waals surface area contributed by atoms with E-state index in [9.17, 15) is 4.79 Å². The topological polar surface area (TPSA) is 63.2 Å². The van der Waals surface area contributed by atoms with Gasteiger partial charge in [-0.25, -0.2) is 4.79 Å². The molecule has 1 rings (SSSR count). The van der Waals surface area contributed by atoms with Crippen molar-refractivity contribution in [2.24, 2.45) is 0 Å². The molecule has 0 aliphatic carbocycles. The second kappa shape index (κ2) is 21.4. The molecule has 0 aromatic heterocycles. The smallest absolute Gasteiger partial charge is 0.494 e. The largest absolute Gasteiger partial charge is 0.500 e. The average molecular weight is 523 g/mol. The van der Waals surface area contributed by atoms with Crippen molar-refractivity contribution in [3.63, 3.8) is 0 Å². The third-order valence-corrected chi connectivity index (χ3v) is 8.90. The van der Waals surface area contributed by atoms with E-state index in [2.05, 4.69) is 6.92 Å². The van der Waals surface area contributed by atoms with Gasteiger partial charge in [-0.2, -0.15) is 0 Å². The molecule has 6 nitrogen and oxygen atoms in total. The van der Waals surface area contributed by atoms with Gasteiger partial charge in [-0.1, -0.05) is 64.0 Å². The third-order valence-electron chi connectivity index (χ3n) is 5.75. The monoisotopic (exact) mass is 522 g/mol. The van der Waals surface area contributed by atoms with Crippen LogP contribution in [-0.4, -0.2) is 47.8 Å². The molecule has 0 fully saturated rings. The minimum atomic E-state index is -2.55. The zero-order valence-corrected chi connectivity index (χ0v) is 24.2. The summed E-state index contributed by atoms with van der Waals surface area (Å²) >= 11 is 0. The molecule has 0 amide bonds. The average Bonchev–Trinajstić information content (AvgIpc) is 2.87. The maximum absolute atomic E-state index is 12.1. The van der Waals surface area contributed by atoms with E-state index < -0.39 is 8.80 Å². The molecule has 0 aliphatic heterocycles. The molecule has 7 heteroatoms. The standard InChI is InChI=1S/C29H50O6Si/c1-5-9-10-11-12-15-23-31-28-20-18-19-27(26-28)21-22-29(30)32-24-16-13-14-17-25-36(33-6-2,34-7-3)35-8-4/h18-22,26H,5-17,23-25H2,1-4H3/b22-21+. The van der Waals surface area contributed by atoms with Crippen LogP contribution in [0.5, 0.6) is 5.75 Å². The highest BCUT2D eigenvalue weighted by atomic mass is 28.4. The summed E-state index contributed by atoms with van der Waals surface area (Å²) in [7, 11) is -2.55. The molecular formula is C29H50O6Si. The SMILES string of the molecule is CCCCCCCCOc1cccc(/C=C/C(=O)OCCCCCC[Si](OCC)(OCC)OCC)c1. The van der Waals surface area contributed by atoms with Crippen LogP contribution in [0.15, 0.2) is 30.3 Å². The first-order chi connectivity index (χ1) is 17.6. The Morgan fingerprint density at radius 3 is 2.06 bits per heavy atom. The van der Waals surface area contributed by atoms with E-state index in [0.717, 1.165) is 56.1 Å². The molecule has 0 spiro atoms. The Morgan fingerprint density at radius 1 is 0.778 bits per heavy atom. The van der Waals surface area contributed by atoms with Crippen molar-refractivity contribution >= 4 is 20.8 Å². The number of hydrogen-bond acceptors (Lipinski definition) is 6. The molecule has 0 saturated carbocycles. The first-order valence-electron chi connectivity index (χ1n) is 14.1. The van der Waals surface area contributed by atoms with Gasteiger partial charge in [0.2, 0.25) is 0 Å². The van der Waals surface area contributed by atoms with E-state index in [-0.39, 0.29) is 5.97 Å². The van der Waals surface area contributed by atoms with Crippen molar-refractivity contribution in [2.75, 3.05) is 33.0 Å². The predicted molar refractivity (Wildman–Crippen MR) is 149 cm³/mol. The van der Waals surface area contributed by atoms with Gasteiger partial charge >= 0.3 is 14.8 Å². The molecule has 36 heavy (non-hydrogen) atoms. The maximum Gasteiger partial charge on any atom is 0.500 e. The summed E-state index contributed by atoms with van der Waals surface area (Å²) in [6.07, 6.45) is 14.6. The lowest BCUT2D eigenvalue weighted by Crippen LogP contribution is -2.45. The Balaban J connectivity index is 2.23. The highest BCUT2D eigenvalue weighted by Crippen LogP contribution is 2.20. The molecule has 0 saturated heterocycles. The molecule has 0 heterocycles. The van der Waals surface area contributed by atoms with Gasteiger partial charge in [-0.15, -0.1) is 0 Å². The van der Waals surface area contributed by atoms with Gasteiger partial charge in [0, 0.05) is 31.9 Å². The van der Waals surface area contributed by atoms with Crippen LogP contribution in [0.4, 0.5) is 0 Å². The fraction of sp³-hybridized carbons (Fsp3) is 0.690. The van der Waals surface area contributed by atoms with Crippen molar-refractivity contribution < 1.29 is 27.5 Å². The quantitative estimate of drug-likeness (QED) is 0.0638. The molecule has 0 radical (unpaired) electrons. The molecule has 0 bridgehead atoms. The van der Waals surface area contributed by atoms with Gasteiger partial charge in [0.25, 0.3) is 0 Å². The van der Waals surface area contributed by atoms with Crippen LogP contribution in [-0.2, 0) is 22.8 Å². The molecule has 0 aliphatic rings. The zero-order valence-electron chi connectivity index (χ0n) is 23.2. The van der Waals surface area contributed by atoms with E-state index in [1.165, 1.54) is 38.2 Å². The highest BCUT2D eigenvalue weighted by molar-refractivity contribution is 6.60. The summed E-state index contributed by atoms with van der Waals surface area (Å²) in [5, 5.41) is 0. The lowest BCUT2D eigenvalue weighted by Gasteiger charge is -2.28. The maximum atomic E-state index is 12.1. The Morgan fingerprint density at radius 2 is 1.39 bits per heavy atom. The van der Waals surface area contributed by atoms with E-state index >= 15 is 0 Å². The number of unbranched alkanes of at least 4 members (excludes halogenated alkanes) is 8. The molecule has 206 valence electrons. The normalized spacial score (nSPS) is 11.8. The van der Waals surface area contributed by atoms with E-state index in [1.54, 1.807) is 6.08 Å². The van der Waals surface area contributed by atoms with Crippen molar-refractivity contribution in [3.8, 4) is 5.75 Å². The third kappa shape index (κ3) is 15.4.